The number of nitrogens with zero attached hydrogens (tertiary/aromatic N) is 1. The topological polar surface area (TPSA) is 57.2 Å². The number of hydrogen-bond donors (Lipinski definition) is 1. The minimum absolute atomic E-state index is 0.0706. The maximum atomic E-state index is 11.6. The molecule has 2 aromatic rings. The Balaban J connectivity index is 2.02. The largest absolute Gasteiger partial charge is 0.491 e. The summed E-state index contributed by atoms with van der Waals surface area (Å²) < 4.78 is 7.27. The van der Waals surface area contributed by atoms with Crippen molar-refractivity contribution in [2.45, 2.75) is 20.4 Å². The zero-order valence-electron chi connectivity index (χ0n) is 11.2. The van der Waals surface area contributed by atoms with E-state index in [0.717, 1.165) is 16.9 Å². The first kappa shape index (κ1) is 13.2. The molecule has 2 N–H and O–H groups in total. The summed E-state index contributed by atoms with van der Waals surface area (Å²) >= 11 is 0. The molecular weight excluding hydrogens is 240 g/mol. The third kappa shape index (κ3) is 3.37. The molecule has 0 atom stereocenters. The lowest BCUT2D eigenvalue weighted by atomic mass is 10.1. The van der Waals surface area contributed by atoms with Gasteiger partial charge in [-0.05, 0) is 37.1 Å². The zero-order chi connectivity index (χ0) is 13.8. The summed E-state index contributed by atoms with van der Waals surface area (Å²) in [5, 5.41) is 0. The molecule has 0 saturated heterocycles. The van der Waals surface area contributed by atoms with Gasteiger partial charge in [0, 0.05) is 18.0 Å². The van der Waals surface area contributed by atoms with Crippen LogP contribution in [0.15, 0.2) is 41.3 Å². The molecule has 1 aromatic carbocycles. The van der Waals surface area contributed by atoms with Crippen molar-refractivity contribution in [2.24, 2.45) is 0 Å². The average Bonchev–Trinajstić information content (AvgIpc) is 2.38. The van der Waals surface area contributed by atoms with Crippen molar-refractivity contribution in [1.29, 1.82) is 0 Å². The highest BCUT2D eigenvalue weighted by atomic mass is 16.5. The van der Waals surface area contributed by atoms with E-state index in [1.807, 2.05) is 32.0 Å². The van der Waals surface area contributed by atoms with E-state index in [0.29, 0.717) is 18.8 Å². The summed E-state index contributed by atoms with van der Waals surface area (Å²) in [6.07, 6.45) is 1.63. The fourth-order valence-electron chi connectivity index (χ4n) is 1.84. The van der Waals surface area contributed by atoms with Gasteiger partial charge in [-0.2, -0.15) is 0 Å². The number of anilines is 1. The third-order valence-corrected chi connectivity index (χ3v) is 2.94. The molecule has 0 aliphatic rings. The number of nitrogen functional groups attached to an aromatic ring is 1. The van der Waals surface area contributed by atoms with Crippen molar-refractivity contribution < 1.29 is 4.74 Å². The van der Waals surface area contributed by atoms with Gasteiger partial charge < -0.3 is 15.0 Å². The maximum absolute atomic E-state index is 11.6. The second-order valence-electron chi connectivity index (χ2n) is 4.61. The van der Waals surface area contributed by atoms with Crippen molar-refractivity contribution in [3.8, 4) is 5.75 Å². The van der Waals surface area contributed by atoms with Crippen molar-refractivity contribution in [1.82, 2.24) is 4.57 Å². The molecule has 100 valence electrons. The minimum atomic E-state index is -0.0706. The lowest BCUT2D eigenvalue weighted by molar-refractivity contribution is 0.294. The Labute approximate surface area is 112 Å². The number of hydrogen-bond acceptors (Lipinski definition) is 3. The lowest BCUT2D eigenvalue weighted by Gasteiger charge is -2.11. The van der Waals surface area contributed by atoms with Crippen LogP contribution in [-0.4, -0.2) is 11.2 Å². The molecule has 0 fully saturated rings. The van der Waals surface area contributed by atoms with Crippen molar-refractivity contribution >= 4 is 5.69 Å². The summed E-state index contributed by atoms with van der Waals surface area (Å²) in [6.45, 7) is 4.95. The lowest BCUT2D eigenvalue weighted by Crippen LogP contribution is -2.22. The van der Waals surface area contributed by atoms with Crippen molar-refractivity contribution in [3.63, 3.8) is 0 Å². The first-order valence-electron chi connectivity index (χ1n) is 6.22. The molecule has 0 aliphatic heterocycles. The Morgan fingerprint density at radius 1 is 1.21 bits per heavy atom. The molecule has 1 aromatic heterocycles. The van der Waals surface area contributed by atoms with E-state index >= 15 is 0 Å². The Bertz CT molecular complexity index is 632. The van der Waals surface area contributed by atoms with Crippen molar-refractivity contribution in [2.75, 3.05) is 12.3 Å². The van der Waals surface area contributed by atoms with E-state index in [2.05, 4.69) is 0 Å². The van der Waals surface area contributed by atoms with Gasteiger partial charge in [-0.25, -0.2) is 0 Å². The van der Waals surface area contributed by atoms with Gasteiger partial charge in [-0.1, -0.05) is 12.1 Å². The van der Waals surface area contributed by atoms with E-state index in [1.54, 1.807) is 16.8 Å². The molecular formula is C15H18N2O2. The zero-order valence-corrected chi connectivity index (χ0v) is 11.2. The Morgan fingerprint density at radius 3 is 2.79 bits per heavy atom. The summed E-state index contributed by atoms with van der Waals surface area (Å²) in [4.78, 5) is 11.6. The summed E-state index contributed by atoms with van der Waals surface area (Å²) in [5.74, 6) is 0.858. The Kier molecular flexibility index (Phi) is 3.90. The second kappa shape index (κ2) is 5.61. The molecule has 4 heteroatoms. The predicted molar refractivity (Wildman–Crippen MR) is 76.5 cm³/mol. The fraction of sp³-hybridized carbons (Fsp3) is 0.267. The first-order valence-corrected chi connectivity index (χ1v) is 6.22. The average molecular weight is 258 g/mol. The van der Waals surface area contributed by atoms with E-state index in [1.165, 1.54) is 6.07 Å². The van der Waals surface area contributed by atoms with Crippen molar-refractivity contribution in [3.05, 3.63) is 58.0 Å². The number of pyridine rings is 1. The molecule has 0 spiro atoms. The Hall–Kier alpha value is -2.23. The normalized spacial score (nSPS) is 10.4. The fourth-order valence-corrected chi connectivity index (χ4v) is 1.84. The van der Waals surface area contributed by atoms with Gasteiger partial charge in [0.2, 0.25) is 0 Å². The molecule has 4 nitrogen and oxygen atoms in total. The highest BCUT2D eigenvalue weighted by Crippen LogP contribution is 2.18. The van der Waals surface area contributed by atoms with Crippen LogP contribution >= 0.6 is 0 Å². The first-order chi connectivity index (χ1) is 9.06. The Morgan fingerprint density at radius 2 is 2.00 bits per heavy atom. The number of aromatic nitrogens is 1. The maximum Gasteiger partial charge on any atom is 0.250 e. The minimum Gasteiger partial charge on any atom is -0.491 e. The van der Waals surface area contributed by atoms with Crippen LogP contribution in [0.5, 0.6) is 5.75 Å². The SMILES string of the molecule is Cc1ccc(C)c(OCCn2cc(N)ccc2=O)c1. The van der Waals surface area contributed by atoms with Crippen LogP contribution in [0.1, 0.15) is 11.1 Å². The molecule has 0 bridgehead atoms. The van der Waals surface area contributed by atoms with Gasteiger partial charge >= 0.3 is 0 Å². The van der Waals surface area contributed by atoms with Crippen LogP contribution in [0.2, 0.25) is 0 Å². The molecule has 1 heterocycles. The smallest absolute Gasteiger partial charge is 0.250 e. The van der Waals surface area contributed by atoms with Crippen LogP contribution in [0.25, 0.3) is 0 Å². The predicted octanol–water partition coefficient (Wildman–Crippen LogP) is 2.13. The molecule has 0 radical (unpaired) electrons. The van der Waals surface area contributed by atoms with Gasteiger partial charge in [0.05, 0.1) is 6.54 Å². The number of benzene rings is 1. The molecule has 2 rings (SSSR count). The second-order valence-corrected chi connectivity index (χ2v) is 4.61. The summed E-state index contributed by atoms with van der Waals surface area (Å²) in [7, 11) is 0. The van der Waals surface area contributed by atoms with Crippen LogP contribution in [0.4, 0.5) is 5.69 Å². The highest BCUT2D eigenvalue weighted by molar-refractivity contribution is 5.36. The van der Waals surface area contributed by atoms with E-state index in [9.17, 15) is 4.79 Å². The number of nitrogens with two attached hydrogens (primary N) is 1. The van der Waals surface area contributed by atoms with E-state index in [-0.39, 0.29) is 5.56 Å². The van der Waals surface area contributed by atoms with E-state index < -0.39 is 0 Å². The van der Waals surface area contributed by atoms with Gasteiger partial charge in [0.15, 0.2) is 0 Å². The highest BCUT2D eigenvalue weighted by Gasteiger charge is 2.01. The molecule has 0 saturated carbocycles. The van der Waals surface area contributed by atoms with E-state index in [4.69, 9.17) is 10.5 Å². The summed E-state index contributed by atoms with van der Waals surface area (Å²) in [6, 6.07) is 9.14. The summed E-state index contributed by atoms with van der Waals surface area (Å²) in [5.41, 5.74) is 8.40. The van der Waals surface area contributed by atoms with Crippen LogP contribution in [0.3, 0.4) is 0 Å². The van der Waals surface area contributed by atoms with Crippen LogP contribution in [-0.2, 0) is 6.54 Å². The molecule has 0 aliphatic carbocycles. The number of aryl methyl sites for hydroxylation is 2. The van der Waals surface area contributed by atoms with Gasteiger partial charge in [0.1, 0.15) is 12.4 Å². The standard InChI is InChI=1S/C15H18N2O2/c1-11-3-4-12(2)14(9-11)19-8-7-17-10-13(16)5-6-15(17)18/h3-6,9-10H,7-8,16H2,1-2H3. The quantitative estimate of drug-likeness (QED) is 0.914. The van der Waals surface area contributed by atoms with Gasteiger partial charge in [-0.3, -0.25) is 4.79 Å². The van der Waals surface area contributed by atoms with Gasteiger partial charge in [-0.15, -0.1) is 0 Å². The van der Waals surface area contributed by atoms with Crippen LogP contribution in [0, 0.1) is 13.8 Å². The monoisotopic (exact) mass is 258 g/mol. The number of rotatable bonds is 4. The molecule has 19 heavy (non-hydrogen) atoms. The third-order valence-electron chi connectivity index (χ3n) is 2.94. The molecule has 0 amide bonds. The number of ether oxygens (including phenoxy) is 1. The van der Waals surface area contributed by atoms with Gasteiger partial charge in [0.25, 0.3) is 5.56 Å². The van der Waals surface area contributed by atoms with Crippen LogP contribution < -0.4 is 16.0 Å². The molecule has 0 unspecified atom stereocenters.